The van der Waals surface area contributed by atoms with E-state index in [4.69, 9.17) is 4.74 Å². The SMILES string of the molecule is COC(=O)c1ccc(C(=O)OCC(=O)Nc2cc(F)ccc2C)cc1. The molecule has 0 aliphatic heterocycles. The third-order valence-electron chi connectivity index (χ3n) is 3.35. The van der Waals surface area contributed by atoms with Crippen LogP contribution in [0.3, 0.4) is 0 Å². The standard InChI is InChI=1S/C18H16FNO5/c1-11-3-8-14(19)9-15(11)20-16(21)10-25-18(23)13-6-4-12(5-7-13)17(22)24-2/h3-9H,10H2,1-2H3,(H,20,21). The van der Waals surface area contributed by atoms with Gasteiger partial charge in [-0.2, -0.15) is 0 Å². The summed E-state index contributed by atoms with van der Waals surface area (Å²) < 4.78 is 22.6. The quantitative estimate of drug-likeness (QED) is 0.843. The number of rotatable bonds is 5. The number of carbonyl (C=O) groups excluding carboxylic acids is 3. The molecule has 130 valence electrons. The van der Waals surface area contributed by atoms with Crippen molar-refractivity contribution in [1.82, 2.24) is 0 Å². The summed E-state index contributed by atoms with van der Waals surface area (Å²) in [5.41, 5.74) is 1.46. The lowest BCUT2D eigenvalue weighted by Gasteiger charge is -2.09. The van der Waals surface area contributed by atoms with Gasteiger partial charge in [-0.05, 0) is 48.9 Å². The lowest BCUT2D eigenvalue weighted by atomic mass is 10.1. The second-order valence-electron chi connectivity index (χ2n) is 5.15. The smallest absolute Gasteiger partial charge is 0.338 e. The van der Waals surface area contributed by atoms with E-state index >= 15 is 0 Å². The van der Waals surface area contributed by atoms with E-state index in [-0.39, 0.29) is 5.56 Å². The van der Waals surface area contributed by atoms with Gasteiger partial charge in [0.25, 0.3) is 5.91 Å². The summed E-state index contributed by atoms with van der Waals surface area (Å²) >= 11 is 0. The maximum absolute atomic E-state index is 13.2. The van der Waals surface area contributed by atoms with Gasteiger partial charge in [-0.1, -0.05) is 6.07 Å². The molecule has 6 nitrogen and oxygen atoms in total. The first kappa shape index (κ1) is 18.1. The topological polar surface area (TPSA) is 81.7 Å². The van der Waals surface area contributed by atoms with Crippen molar-refractivity contribution in [1.29, 1.82) is 0 Å². The molecular weight excluding hydrogens is 329 g/mol. The van der Waals surface area contributed by atoms with Gasteiger partial charge >= 0.3 is 11.9 Å². The van der Waals surface area contributed by atoms with Crippen molar-refractivity contribution in [2.75, 3.05) is 19.0 Å². The summed E-state index contributed by atoms with van der Waals surface area (Å²) in [5, 5.41) is 2.47. The first-order valence-electron chi connectivity index (χ1n) is 7.32. The molecular formula is C18H16FNO5. The van der Waals surface area contributed by atoms with Crippen LogP contribution in [0.2, 0.25) is 0 Å². The number of amides is 1. The average Bonchev–Trinajstić information content (AvgIpc) is 2.62. The molecule has 25 heavy (non-hydrogen) atoms. The molecule has 0 unspecified atom stereocenters. The highest BCUT2D eigenvalue weighted by Gasteiger charge is 2.13. The fourth-order valence-corrected chi connectivity index (χ4v) is 1.99. The normalized spacial score (nSPS) is 10.0. The molecule has 0 heterocycles. The number of ether oxygens (including phenoxy) is 2. The van der Waals surface area contributed by atoms with Gasteiger partial charge in [0.15, 0.2) is 6.61 Å². The molecule has 0 aromatic heterocycles. The summed E-state index contributed by atoms with van der Waals surface area (Å²) in [6.07, 6.45) is 0. The Morgan fingerprint density at radius 1 is 1.00 bits per heavy atom. The molecule has 1 N–H and O–H groups in total. The highest BCUT2D eigenvalue weighted by molar-refractivity contribution is 5.96. The molecule has 0 aliphatic carbocycles. The largest absolute Gasteiger partial charge is 0.465 e. The molecule has 0 saturated heterocycles. The Hall–Kier alpha value is -3.22. The maximum Gasteiger partial charge on any atom is 0.338 e. The van der Waals surface area contributed by atoms with Gasteiger partial charge in [-0.3, -0.25) is 4.79 Å². The molecule has 0 aliphatic rings. The number of esters is 2. The van der Waals surface area contributed by atoms with E-state index in [1.807, 2.05) is 0 Å². The molecule has 7 heteroatoms. The Morgan fingerprint density at radius 2 is 1.60 bits per heavy atom. The van der Waals surface area contributed by atoms with Gasteiger partial charge in [0.2, 0.25) is 0 Å². The monoisotopic (exact) mass is 345 g/mol. The van der Waals surface area contributed by atoms with E-state index in [2.05, 4.69) is 10.1 Å². The number of nitrogens with one attached hydrogen (secondary N) is 1. The van der Waals surface area contributed by atoms with E-state index in [0.29, 0.717) is 16.8 Å². The predicted octanol–water partition coefficient (Wildman–Crippen LogP) is 2.72. The fourth-order valence-electron chi connectivity index (χ4n) is 1.99. The van der Waals surface area contributed by atoms with E-state index in [0.717, 1.165) is 0 Å². The summed E-state index contributed by atoms with van der Waals surface area (Å²) in [5.74, 6) is -2.32. The van der Waals surface area contributed by atoms with Crippen LogP contribution in [0.25, 0.3) is 0 Å². The van der Waals surface area contributed by atoms with Crippen molar-refractivity contribution in [3.8, 4) is 0 Å². The third kappa shape index (κ3) is 4.87. The van der Waals surface area contributed by atoms with Crippen molar-refractivity contribution in [3.63, 3.8) is 0 Å². The fraction of sp³-hybridized carbons (Fsp3) is 0.167. The Kier molecular flexibility index (Phi) is 5.84. The predicted molar refractivity (Wildman–Crippen MR) is 87.8 cm³/mol. The number of anilines is 1. The summed E-state index contributed by atoms with van der Waals surface area (Å²) in [6, 6.07) is 9.60. The van der Waals surface area contributed by atoms with Crippen molar-refractivity contribution in [3.05, 3.63) is 65.0 Å². The molecule has 2 aromatic rings. The molecule has 2 rings (SSSR count). The molecule has 0 radical (unpaired) electrons. The number of hydrogen-bond donors (Lipinski definition) is 1. The molecule has 0 bridgehead atoms. The van der Waals surface area contributed by atoms with Crippen LogP contribution in [-0.2, 0) is 14.3 Å². The molecule has 1 amide bonds. The molecule has 0 atom stereocenters. The van der Waals surface area contributed by atoms with Crippen molar-refractivity contribution in [2.45, 2.75) is 6.92 Å². The van der Waals surface area contributed by atoms with Crippen molar-refractivity contribution in [2.24, 2.45) is 0 Å². The second-order valence-corrected chi connectivity index (χ2v) is 5.15. The van der Waals surface area contributed by atoms with E-state index in [1.165, 1.54) is 49.6 Å². The van der Waals surface area contributed by atoms with Crippen LogP contribution in [0.15, 0.2) is 42.5 Å². The van der Waals surface area contributed by atoms with Crippen LogP contribution in [0.4, 0.5) is 10.1 Å². The average molecular weight is 345 g/mol. The number of carbonyl (C=O) groups is 3. The highest BCUT2D eigenvalue weighted by atomic mass is 19.1. The van der Waals surface area contributed by atoms with Gasteiger partial charge in [-0.15, -0.1) is 0 Å². The van der Waals surface area contributed by atoms with E-state index in [1.54, 1.807) is 6.92 Å². The Morgan fingerprint density at radius 3 is 2.20 bits per heavy atom. The Labute approximate surface area is 143 Å². The third-order valence-corrected chi connectivity index (χ3v) is 3.35. The van der Waals surface area contributed by atoms with Gasteiger partial charge in [0.05, 0.1) is 18.2 Å². The summed E-state index contributed by atoms with van der Waals surface area (Å²) in [4.78, 5) is 35.0. The lowest BCUT2D eigenvalue weighted by Crippen LogP contribution is -2.21. The number of halogens is 1. The van der Waals surface area contributed by atoms with Crippen LogP contribution >= 0.6 is 0 Å². The Balaban J connectivity index is 1.92. The van der Waals surface area contributed by atoms with Crippen LogP contribution < -0.4 is 5.32 Å². The van der Waals surface area contributed by atoms with Crippen molar-refractivity contribution >= 4 is 23.5 Å². The van der Waals surface area contributed by atoms with Crippen LogP contribution in [-0.4, -0.2) is 31.6 Å². The minimum atomic E-state index is -0.720. The zero-order chi connectivity index (χ0) is 18.4. The van der Waals surface area contributed by atoms with Gasteiger partial charge < -0.3 is 14.8 Å². The van der Waals surface area contributed by atoms with Gasteiger partial charge in [0.1, 0.15) is 5.82 Å². The first-order chi connectivity index (χ1) is 11.9. The summed E-state index contributed by atoms with van der Waals surface area (Å²) in [7, 11) is 1.25. The van der Waals surface area contributed by atoms with E-state index in [9.17, 15) is 18.8 Å². The number of benzene rings is 2. The first-order valence-corrected chi connectivity index (χ1v) is 7.32. The van der Waals surface area contributed by atoms with Crippen molar-refractivity contribution < 1.29 is 28.2 Å². The minimum Gasteiger partial charge on any atom is -0.465 e. The lowest BCUT2D eigenvalue weighted by molar-refractivity contribution is -0.119. The Bertz CT molecular complexity index is 802. The summed E-state index contributed by atoms with van der Waals surface area (Å²) in [6.45, 7) is 1.19. The maximum atomic E-state index is 13.2. The van der Waals surface area contributed by atoms with Crippen LogP contribution in [0.5, 0.6) is 0 Å². The number of hydrogen-bond acceptors (Lipinski definition) is 5. The minimum absolute atomic E-state index is 0.183. The second kappa shape index (κ2) is 8.05. The van der Waals surface area contributed by atoms with Crippen LogP contribution in [0.1, 0.15) is 26.3 Å². The van der Waals surface area contributed by atoms with Gasteiger partial charge in [0, 0.05) is 5.69 Å². The van der Waals surface area contributed by atoms with Gasteiger partial charge in [-0.25, -0.2) is 14.0 Å². The zero-order valence-electron chi connectivity index (χ0n) is 13.7. The number of methoxy groups -OCH3 is 1. The number of aryl methyl sites for hydroxylation is 1. The molecule has 0 saturated carbocycles. The molecule has 0 fully saturated rings. The highest BCUT2D eigenvalue weighted by Crippen LogP contribution is 2.15. The molecule has 0 spiro atoms. The molecule has 2 aromatic carbocycles. The van der Waals surface area contributed by atoms with E-state index < -0.39 is 30.3 Å². The zero-order valence-corrected chi connectivity index (χ0v) is 13.7. The van der Waals surface area contributed by atoms with Crippen LogP contribution in [0, 0.1) is 12.7 Å².